The number of hydrogen-bond donors (Lipinski definition) is 1. The molecule has 1 aliphatic carbocycles. The fourth-order valence-corrected chi connectivity index (χ4v) is 2.45. The average molecular weight is 284 g/mol. The topological polar surface area (TPSA) is 41.6 Å². The van der Waals surface area contributed by atoms with Crippen molar-refractivity contribution in [2.24, 2.45) is 5.92 Å². The van der Waals surface area contributed by atoms with Crippen molar-refractivity contribution >= 4 is 5.97 Å². The van der Waals surface area contributed by atoms with Crippen LogP contribution in [0.1, 0.15) is 53.4 Å². The van der Waals surface area contributed by atoms with Gasteiger partial charge in [0.1, 0.15) is 5.54 Å². The van der Waals surface area contributed by atoms with Gasteiger partial charge in [-0.1, -0.05) is 6.92 Å². The first kappa shape index (κ1) is 17.4. The Morgan fingerprint density at radius 3 is 2.55 bits per heavy atom. The Balaban J connectivity index is 2.55. The fourth-order valence-electron chi connectivity index (χ4n) is 2.45. The molecule has 0 heterocycles. The lowest BCUT2D eigenvalue weighted by molar-refractivity contribution is -0.148. The molecule has 1 N–H and O–H groups in total. The van der Waals surface area contributed by atoms with Gasteiger partial charge in [-0.25, -0.2) is 0 Å². The maximum absolute atomic E-state index is 12.1. The van der Waals surface area contributed by atoms with E-state index in [1.54, 1.807) is 0 Å². The first-order chi connectivity index (χ1) is 9.42. The van der Waals surface area contributed by atoms with Gasteiger partial charge >= 0.3 is 5.97 Å². The smallest absolute Gasteiger partial charge is 0.325 e. The summed E-state index contributed by atoms with van der Waals surface area (Å²) in [5, 5.41) is 3.36. The number of carbonyl (C=O) groups excluding carboxylic acids is 1. The number of ether oxygens (including phenoxy) is 1. The Labute approximate surface area is 124 Å². The summed E-state index contributed by atoms with van der Waals surface area (Å²) < 4.78 is 4.98. The van der Waals surface area contributed by atoms with Gasteiger partial charge in [-0.15, -0.1) is 0 Å². The molecule has 0 radical (unpaired) electrons. The molecule has 1 atom stereocenters. The minimum absolute atomic E-state index is 0.152. The summed E-state index contributed by atoms with van der Waals surface area (Å²) in [7, 11) is 1.47. The molecule has 0 saturated heterocycles. The highest BCUT2D eigenvalue weighted by atomic mass is 16.5. The number of nitrogens with zero attached hydrogens (tertiary/aromatic N) is 1. The molecule has 0 aromatic heterocycles. The maximum Gasteiger partial charge on any atom is 0.325 e. The normalized spacial score (nSPS) is 18.4. The number of hydrogen-bond acceptors (Lipinski definition) is 4. The number of methoxy groups -OCH3 is 1. The second-order valence-corrected chi connectivity index (χ2v) is 6.53. The summed E-state index contributed by atoms with van der Waals surface area (Å²) in [6.45, 7) is 11.5. The van der Waals surface area contributed by atoms with Gasteiger partial charge < -0.3 is 15.0 Å². The summed E-state index contributed by atoms with van der Waals surface area (Å²) in [5.74, 6) is 0.728. The van der Waals surface area contributed by atoms with Crippen LogP contribution in [-0.4, -0.2) is 49.2 Å². The standard InChI is InChI=1S/C16H32N2O2/c1-6-10-17-16(4,15(19)20-5)9-11-18(13(2)3)12-14-7-8-14/h13-14,17H,6-12H2,1-5H3. The molecular formula is C16H32N2O2. The maximum atomic E-state index is 12.1. The molecule has 118 valence electrons. The predicted molar refractivity (Wildman–Crippen MR) is 82.8 cm³/mol. The van der Waals surface area contributed by atoms with Crippen LogP contribution >= 0.6 is 0 Å². The van der Waals surface area contributed by atoms with Crippen molar-refractivity contribution in [3.63, 3.8) is 0 Å². The van der Waals surface area contributed by atoms with Gasteiger partial charge in [0.25, 0.3) is 0 Å². The molecule has 0 bridgehead atoms. The molecule has 0 amide bonds. The highest BCUT2D eigenvalue weighted by Gasteiger charge is 2.34. The van der Waals surface area contributed by atoms with Crippen LogP contribution in [0.25, 0.3) is 0 Å². The molecule has 0 aliphatic heterocycles. The summed E-state index contributed by atoms with van der Waals surface area (Å²) >= 11 is 0. The minimum Gasteiger partial charge on any atom is -0.468 e. The lowest BCUT2D eigenvalue weighted by Gasteiger charge is -2.33. The summed E-state index contributed by atoms with van der Waals surface area (Å²) in [6, 6.07) is 0.531. The quantitative estimate of drug-likeness (QED) is 0.626. The Hall–Kier alpha value is -0.610. The van der Waals surface area contributed by atoms with E-state index in [1.165, 1.54) is 26.5 Å². The van der Waals surface area contributed by atoms with Crippen molar-refractivity contribution in [3.8, 4) is 0 Å². The molecule has 0 spiro atoms. The van der Waals surface area contributed by atoms with Crippen LogP contribution in [-0.2, 0) is 9.53 Å². The molecule has 4 heteroatoms. The molecule has 1 fully saturated rings. The highest BCUT2D eigenvalue weighted by molar-refractivity contribution is 5.80. The number of rotatable bonds is 10. The number of nitrogens with one attached hydrogen (secondary N) is 1. The second-order valence-electron chi connectivity index (χ2n) is 6.53. The van der Waals surface area contributed by atoms with Gasteiger partial charge in [-0.05, 0) is 58.9 Å². The summed E-state index contributed by atoms with van der Waals surface area (Å²) in [5.41, 5.74) is -0.568. The van der Waals surface area contributed by atoms with Crippen molar-refractivity contribution in [1.82, 2.24) is 10.2 Å². The van der Waals surface area contributed by atoms with E-state index in [2.05, 4.69) is 31.0 Å². The largest absolute Gasteiger partial charge is 0.468 e. The number of carbonyl (C=O) groups is 1. The van der Waals surface area contributed by atoms with Crippen molar-refractivity contribution in [2.75, 3.05) is 26.7 Å². The van der Waals surface area contributed by atoms with E-state index in [-0.39, 0.29) is 5.97 Å². The van der Waals surface area contributed by atoms with Gasteiger partial charge in [-0.2, -0.15) is 0 Å². The van der Waals surface area contributed by atoms with E-state index in [4.69, 9.17) is 4.74 Å². The fraction of sp³-hybridized carbons (Fsp3) is 0.938. The van der Waals surface area contributed by atoms with Crippen molar-refractivity contribution in [2.45, 2.75) is 65.0 Å². The zero-order chi connectivity index (χ0) is 15.2. The molecule has 1 unspecified atom stereocenters. The molecule has 1 rings (SSSR count). The van der Waals surface area contributed by atoms with E-state index in [0.29, 0.717) is 6.04 Å². The van der Waals surface area contributed by atoms with Crippen LogP contribution in [0.3, 0.4) is 0 Å². The second kappa shape index (κ2) is 7.99. The van der Waals surface area contributed by atoms with Crippen molar-refractivity contribution in [1.29, 1.82) is 0 Å². The SMILES string of the molecule is CCCNC(C)(CCN(CC1CC1)C(C)C)C(=O)OC. The summed E-state index contributed by atoms with van der Waals surface area (Å²) in [4.78, 5) is 14.5. The van der Waals surface area contributed by atoms with Gasteiger partial charge in [0.2, 0.25) is 0 Å². The Morgan fingerprint density at radius 1 is 1.45 bits per heavy atom. The van der Waals surface area contributed by atoms with E-state index in [0.717, 1.165) is 31.8 Å². The molecule has 1 saturated carbocycles. The minimum atomic E-state index is -0.568. The van der Waals surface area contributed by atoms with Crippen molar-refractivity contribution < 1.29 is 9.53 Å². The van der Waals surface area contributed by atoms with Crippen LogP contribution in [0.4, 0.5) is 0 Å². The van der Waals surface area contributed by atoms with E-state index >= 15 is 0 Å². The lowest BCUT2D eigenvalue weighted by atomic mass is 9.96. The van der Waals surface area contributed by atoms with Gasteiger partial charge in [0.05, 0.1) is 7.11 Å². The predicted octanol–water partition coefficient (Wildman–Crippen LogP) is 2.43. The molecule has 20 heavy (non-hydrogen) atoms. The zero-order valence-corrected chi connectivity index (χ0v) is 13.9. The molecule has 0 aromatic rings. The Bertz CT molecular complexity index is 303. The third-order valence-electron chi connectivity index (χ3n) is 4.22. The molecule has 1 aliphatic rings. The first-order valence-electron chi connectivity index (χ1n) is 8.00. The highest BCUT2D eigenvalue weighted by Crippen LogP contribution is 2.30. The molecular weight excluding hydrogens is 252 g/mol. The van der Waals surface area contributed by atoms with Crippen LogP contribution in [0.2, 0.25) is 0 Å². The van der Waals surface area contributed by atoms with Crippen LogP contribution < -0.4 is 5.32 Å². The molecule has 4 nitrogen and oxygen atoms in total. The molecule has 0 aromatic carbocycles. The summed E-state index contributed by atoms with van der Waals surface area (Å²) in [6.07, 6.45) is 4.55. The first-order valence-corrected chi connectivity index (χ1v) is 8.00. The van der Waals surface area contributed by atoms with Crippen LogP contribution in [0.5, 0.6) is 0 Å². The van der Waals surface area contributed by atoms with Gasteiger partial charge in [0, 0.05) is 19.1 Å². The van der Waals surface area contributed by atoms with Crippen LogP contribution in [0.15, 0.2) is 0 Å². The third-order valence-corrected chi connectivity index (χ3v) is 4.22. The Morgan fingerprint density at radius 2 is 2.10 bits per heavy atom. The average Bonchev–Trinajstić information content (AvgIpc) is 3.23. The van der Waals surface area contributed by atoms with E-state index in [1.807, 2.05) is 6.92 Å². The van der Waals surface area contributed by atoms with Crippen LogP contribution in [0, 0.1) is 5.92 Å². The zero-order valence-electron chi connectivity index (χ0n) is 13.9. The lowest BCUT2D eigenvalue weighted by Crippen LogP contribution is -2.52. The third kappa shape index (κ3) is 5.41. The monoisotopic (exact) mass is 284 g/mol. The van der Waals surface area contributed by atoms with E-state index in [9.17, 15) is 4.79 Å². The number of esters is 1. The van der Waals surface area contributed by atoms with Crippen molar-refractivity contribution in [3.05, 3.63) is 0 Å². The van der Waals surface area contributed by atoms with E-state index < -0.39 is 5.54 Å². The van der Waals surface area contributed by atoms with Gasteiger partial charge in [-0.3, -0.25) is 4.79 Å². The van der Waals surface area contributed by atoms with Gasteiger partial charge in [0.15, 0.2) is 0 Å². The Kier molecular flexibility index (Phi) is 6.96.